The van der Waals surface area contributed by atoms with Gasteiger partial charge in [-0.25, -0.2) is 0 Å². The molecule has 1 N–H and O–H groups in total. The Morgan fingerprint density at radius 3 is 2.55 bits per heavy atom. The number of non-ortho nitro benzene ring substituents is 1. The molecule has 1 saturated heterocycles. The molecule has 1 heterocycles. The number of nitrogens with zero attached hydrogens (tertiary/aromatic N) is 2. The number of hydrogen-bond acceptors (Lipinski definition) is 5. The number of hydrogen-bond donors (Lipinski definition) is 1. The minimum Gasteiger partial charge on any atom is -0.496 e. The average Bonchev–Trinajstić information content (AvgIpc) is 2.46. The molecule has 0 spiro atoms. The molecule has 0 bridgehead atoms. The molecule has 7 nitrogen and oxygen atoms in total. The van der Waals surface area contributed by atoms with Gasteiger partial charge in [-0.2, -0.15) is 0 Å². The van der Waals surface area contributed by atoms with Crippen LogP contribution in [0.2, 0.25) is 0 Å². The maximum Gasteiger partial charge on any atom is 0.306 e. The second kappa shape index (κ2) is 5.77. The normalized spacial score (nSPS) is 15.9. The summed E-state index contributed by atoms with van der Waals surface area (Å²) in [6.45, 7) is 1.14. The summed E-state index contributed by atoms with van der Waals surface area (Å²) in [7, 11) is 1.46. The Bertz CT molecular complexity index is 523. The first-order valence-electron chi connectivity index (χ1n) is 6.32. The smallest absolute Gasteiger partial charge is 0.306 e. The molecule has 1 aliphatic rings. The molecule has 2 rings (SSSR count). The Balaban J connectivity index is 2.19. The van der Waals surface area contributed by atoms with Gasteiger partial charge in [-0.1, -0.05) is 0 Å². The van der Waals surface area contributed by atoms with Crippen molar-refractivity contribution in [3.05, 3.63) is 28.3 Å². The Kier molecular flexibility index (Phi) is 4.07. The van der Waals surface area contributed by atoms with Crippen LogP contribution in [0.4, 0.5) is 11.4 Å². The highest BCUT2D eigenvalue weighted by Crippen LogP contribution is 2.31. The molecular weight excluding hydrogens is 264 g/mol. The molecule has 1 fully saturated rings. The van der Waals surface area contributed by atoms with E-state index >= 15 is 0 Å². The first-order valence-corrected chi connectivity index (χ1v) is 6.32. The van der Waals surface area contributed by atoms with E-state index in [0.717, 1.165) is 0 Å². The molecular formula is C13H16N2O5. The van der Waals surface area contributed by atoms with Crippen LogP contribution in [0.3, 0.4) is 0 Å². The molecule has 0 unspecified atom stereocenters. The Morgan fingerprint density at radius 2 is 2.05 bits per heavy atom. The van der Waals surface area contributed by atoms with Crippen molar-refractivity contribution in [3.8, 4) is 5.75 Å². The van der Waals surface area contributed by atoms with E-state index in [-0.39, 0.29) is 11.6 Å². The summed E-state index contributed by atoms with van der Waals surface area (Å²) in [6.07, 6.45) is 1.08. The third-order valence-electron chi connectivity index (χ3n) is 3.53. The standard InChI is InChI=1S/C13H16N2O5/c1-20-12-7-10(6-11(8-12)15(18)19)14-4-2-9(3-5-14)13(16)17/h6-9H,2-5H2,1H3,(H,16,17). The fourth-order valence-corrected chi connectivity index (χ4v) is 2.36. The van der Waals surface area contributed by atoms with E-state index < -0.39 is 10.9 Å². The lowest BCUT2D eigenvalue weighted by Crippen LogP contribution is -2.36. The highest BCUT2D eigenvalue weighted by molar-refractivity contribution is 5.70. The molecule has 0 amide bonds. The first-order chi connectivity index (χ1) is 9.51. The number of piperidine rings is 1. The lowest BCUT2D eigenvalue weighted by molar-refractivity contribution is -0.384. The number of ether oxygens (including phenoxy) is 1. The predicted molar refractivity (Wildman–Crippen MR) is 72.2 cm³/mol. The summed E-state index contributed by atoms with van der Waals surface area (Å²) < 4.78 is 5.07. The predicted octanol–water partition coefficient (Wildman–Crippen LogP) is 1.90. The van der Waals surface area contributed by atoms with Gasteiger partial charge in [-0.15, -0.1) is 0 Å². The first kappa shape index (κ1) is 14.1. The Hall–Kier alpha value is -2.31. The molecule has 7 heteroatoms. The van der Waals surface area contributed by atoms with Gasteiger partial charge in [0.05, 0.1) is 24.0 Å². The van der Waals surface area contributed by atoms with Crippen LogP contribution in [0, 0.1) is 16.0 Å². The molecule has 20 heavy (non-hydrogen) atoms. The van der Waals surface area contributed by atoms with E-state index in [9.17, 15) is 14.9 Å². The van der Waals surface area contributed by atoms with Crippen LogP contribution in [0.5, 0.6) is 5.75 Å². The Morgan fingerprint density at radius 1 is 1.40 bits per heavy atom. The lowest BCUT2D eigenvalue weighted by Gasteiger charge is -2.31. The van der Waals surface area contributed by atoms with Crippen molar-refractivity contribution in [2.24, 2.45) is 5.92 Å². The van der Waals surface area contributed by atoms with Crippen molar-refractivity contribution in [3.63, 3.8) is 0 Å². The zero-order valence-electron chi connectivity index (χ0n) is 11.1. The van der Waals surface area contributed by atoms with Crippen LogP contribution in [-0.2, 0) is 4.79 Å². The highest BCUT2D eigenvalue weighted by Gasteiger charge is 2.25. The zero-order valence-corrected chi connectivity index (χ0v) is 11.1. The fraction of sp³-hybridized carbons (Fsp3) is 0.462. The third kappa shape index (κ3) is 2.98. The van der Waals surface area contributed by atoms with Crippen molar-refractivity contribution in [2.45, 2.75) is 12.8 Å². The van der Waals surface area contributed by atoms with Crippen molar-refractivity contribution in [1.29, 1.82) is 0 Å². The van der Waals surface area contributed by atoms with Gasteiger partial charge in [-0.05, 0) is 12.8 Å². The van der Waals surface area contributed by atoms with Crippen LogP contribution < -0.4 is 9.64 Å². The van der Waals surface area contributed by atoms with Crippen molar-refractivity contribution >= 4 is 17.3 Å². The van der Waals surface area contributed by atoms with Gasteiger partial charge in [0.15, 0.2) is 0 Å². The number of anilines is 1. The van der Waals surface area contributed by atoms with Gasteiger partial charge in [-0.3, -0.25) is 14.9 Å². The monoisotopic (exact) mass is 280 g/mol. The lowest BCUT2D eigenvalue weighted by atomic mass is 9.96. The van der Waals surface area contributed by atoms with Gasteiger partial charge in [0.2, 0.25) is 0 Å². The van der Waals surface area contributed by atoms with Crippen molar-refractivity contribution < 1.29 is 19.6 Å². The second-order valence-corrected chi connectivity index (χ2v) is 4.75. The molecule has 0 radical (unpaired) electrons. The van der Waals surface area contributed by atoms with Crippen LogP contribution >= 0.6 is 0 Å². The molecule has 1 aliphatic heterocycles. The molecule has 1 aromatic rings. The van der Waals surface area contributed by atoms with E-state index in [1.807, 2.05) is 4.90 Å². The molecule has 0 aromatic heterocycles. The topological polar surface area (TPSA) is 92.9 Å². The minimum absolute atomic E-state index is 0.0280. The largest absolute Gasteiger partial charge is 0.496 e. The summed E-state index contributed by atoms with van der Waals surface area (Å²) in [5.41, 5.74) is 0.666. The maximum atomic E-state index is 10.9. The van der Waals surface area contributed by atoms with Crippen molar-refractivity contribution in [2.75, 3.05) is 25.1 Å². The average molecular weight is 280 g/mol. The van der Waals surface area contributed by atoms with Gasteiger partial charge in [0.25, 0.3) is 5.69 Å². The number of carboxylic acids is 1. The molecule has 0 aliphatic carbocycles. The van der Waals surface area contributed by atoms with Crippen LogP contribution in [0.1, 0.15) is 12.8 Å². The van der Waals surface area contributed by atoms with Crippen molar-refractivity contribution in [1.82, 2.24) is 0 Å². The van der Waals surface area contributed by atoms with E-state index in [4.69, 9.17) is 9.84 Å². The number of carbonyl (C=O) groups is 1. The van der Waals surface area contributed by atoms with Crippen LogP contribution in [-0.4, -0.2) is 36.2 Å². The fourth-order valence-electron chi connectivity index (χ4n) is 2.36. The van der Waals surface area contributed by atoms with E-state index in [1.54, 1.807) is 6.07 Å². The van der Waals surface area contributed by atoms with Gasteiger partial charge >= 0.3 is 5.97 Å². The van der Waals surface area contributed by atoms with E-state index in [2.05, 4.69) is 0 Å². The summed E-state index contributed by atoms with van der Waals surface area (Å²) in [5.74, 6) is -0.678. The summed E-state index contributed by atoms with van der Waals surface area (Å²) in [4.78, 5) is 23.3. The number of nitro groups is 1. The SMILES string of the molecule is COc1cc(N2CCC(C(=O)O)CC2)cc([N+](=O)[O-])c1. The summed E-state index contributed by atoms with van der Waals surface area (Å²) in [6, 6.07) is 4.59. The Labute approximate surface area is 115 Å². The maximum absolute atomic E-state index is 10.9. The van der Waals surface area contributed by atoms with Gasteiger partial charge in [0.1, 0.15) is 5.75 Å². The van der Waals surface area contributed by atoms with E-state index in [1.165, 1.54) is 19.2 Å². The second-order valence-electron chi connectivity index (χ2n) is 4.75. The number of aliphatic carboxylic acids is 1. The molecule has 0 atom stereocenters. The van der Waals surface area contributed by atoms with Gasteiger partial charge in [0, 0.05) is 30.9 Å². The third-order valence-corrected chi connectivity index (χ3v) is 3.53. The number of nitro benzene ring substituents is 1. The molecule has 0 saturated carbocycles. The highest BCUT2D eigenvalue weighted by atomic mass is 16.6. The number of benzene rings is 1. The van der Waals surface area contributed by atoms with E-state index in [0.29, 0.717) is 37.4 Å². The van der Waals surface area contributed by atoms with Crippen LogP contribution in [0.25, 0.3) is 0 Å². The zero-order chi connectivity index (χ0) is 14.7. The van der Waals surface area contributed by atoms with Crippen LogP contribution in [0.15, 0.2) is 18.2 Å². The molecule has 108 valence electrons. The minimum atomic E-state index is -0.777. The number of rotatable bonds is 4. The molecule has 1 aromatic carbocycles. The number of carboxylic acid groups (broad SMARTS) is 1. The summed E-state index contributed by atoms with van der Waals surface area (Å²) in [5, 5.41) is 19.9. The van der Waals surface area contributed by atoms with Gasteiger partial charge < -0.3 is 14.7 Å². The quantitative estimate of drug-likeness (QED) is 0.669. The number of methoxy groups -OCH3 is 1. The summed E-state index contributed by atoms with van der Waals surface area (Å²) >= 11 is 0.